The van der Waals surface area contributed by atoms with Crippen LogP contribution < -0.4 is 10.3 Å². The van der Waals surface area contributed by atoms with Crippen LogP contribution in [-0.2, 0) is 0 Å². The standard InChI is InChI=1S/C9H12N2O/c1-2-3-8-11-12-9-6-4-5-7-10-9/h3-8,11H,2H2,1H3/b8-3+. The van der Waals surface area contributed by atoms with Gasteiger partial charge in [0.05, 0.1) is 0 Å². The van der Waals surface area contributed by atoms with Crippen LogP contribution in [0.4, 0.5) is 0 Å². The van der Waals surface area contributed by atoms with E-state index < -0.39 is 0 Å². The zero-order chi connectivity index (χ0) is 8.65. The van der Waals surface area contributed by atoms with Crippen molar-refractivity contribution in [2.75, 3.05) is 0 Å². The molecule has 0 saturated heterocycles. The van der Waals surface area contributed by atoms with Crippen LogP contribution in [0.2, 0.25) is 0 Å². The molecule has 3 nitrogen and oxygen atoms in total. The van der Waals surface area contributed by atoms with Gasteiger partial charge in [-0.2, -0.15) is 0 Å². The quantitative estimate of drug-likeness (QED) is 0.690. The zero-order valence-electron chi connectivity index (χ0n) is 7.03. The van der Waals surface area contributed by atoms with Gasteiger partial charge in [-0.15, -0.1) is 0 Å². The molecule has 0 spiro atoms. The van der Waals surface area contributed by atoms with Crippen LogP contribution in [-0.4, -0.2) is 4.98 Å². The van der Waals surface area contributed by atoms with Gasteiger partial charge in [0, 0.05) is 18.5 Å². The molecule has 0 aliphatic heterocycles. The molecule has 0 aliphatic rings. The van der Waals surface area contributed by atoms with E-state index in [2.05, 4.69) is 17.4 Å². The summed E-state index contributed by atoms with van der Waals surface area (Å²) < 4.78 is 0. The number of allylic oxidation sites excluding steroid dienone is 1. The Morgan fingerprint density at radius 3 is 3.17 bits per heavy atom. The van der Waals surface area contributed by atoms with Gasteiger partial charge in [-0.3, -0.25) is 0 Å². The Hall–Kier alpha value is -1.51. The summed E-state index contributed by atoms with van der Waals surface area (Å²) in [5.74, 6) is 0.568. The normalized spacial score (nSPS) is 10.1. The number of hydrogen-bond donors (Lipinski definition) is 1. The van der Waals surface area contributed by atoms with Crippen molar-refractivity contribution in [3.05, 3.63) is 36.7 Å². The molecular formula is C9H12N2O. The van der Waals surface area contributed by atoms with Crippen LogP contribution in [0.15, 0.2) is 36.7 Å². The van der Waals surface area contributed by atoms with Crippen molar-refractivity contribution >= 4 is 0 Å². The first-order chi connectivity index (χ1) is 5.93. The van der Waals surface area contributed by atoms with Crippen LogP contribution in [0.25, 0.3) is 0 Å². The average Bonchev–Trinajstić information content (AvgIpc) is 2.14. The summed E-state index contributed by atoms with van der Waals surface area (Å²) in [6.07, 6.45) is 6.37. The summed E-state index contributed by atoms with van der Waals surface area (Å²) in [5, 5.41) is 0. The molecule has 0 aliphatic carbocycles. The Morgan fingerprint density at radius 2 is 2.50 bits per heavy atom. The van der Waals surface area contributed by atoms with Crippen molar-refractivity contribution in [1.82, 2.24) is 10.5 Å². The van der Waals surface area contributed by atoms with E-state index in [0.717, 1.165) is 6.42 Å². The lowest BCUT2D eigenvalue weighted by Gasteiger charge is -2.00. The van der Waals surface area contributed by atoms with Crippen molar-refractivity contribution < 1.29 is 4.84 Å². The van der Waals surface area contributed by atoms with Crippen molar-refractivity contribution in [2.45, 2.75) is 13.3 Å². The predicted molar refractivity (Wildman–Crippen MR) is 47.4 cm³/mol. The topological polar surface area (TPSA) is 34.1 Å². The summed E-state index contributed by atoms with van der Waals surface area (Å²) in [6, 6.07) is 5.50. The number of hydroxylamine groups is 1. The van der Waals surface area contributed by atoms with Crippen molar-refractivity contribution in [2.24, 2.45) is 0 Å². The molecule has 0 atom stereocenters. The largest absolute Gasteiger partial charge is 0.362 e. The molecule has 0 amide bonds. The minimum absolute atomic E-state index is 0.568. The summed E-state index contributed by atoms with van der Waals surface area (Å²) in [6.45, 7) is 2.05. The lowest BCUT2D eigenvalue weighted by molar-refractivity contribution is 0.232. The van der Waals surface area contributed by atoms with Crippen molar-refractivity contribution in [1.29, 1.82) is 0 Å². The summed E-state index contributed by atoms with van der Waals surface area (Å²) in [5.41, 5.74) is 2.66. The fraction of sp³-hybridized carbons (Fsp3) is 0.222. The molecule has 0 fully saturated rings. The molecule has 1 aromatic heterocycles. The molecule has 1 N–H and O–H groups in total. The highest BCUT2D eigenvalue weighted by atomic mass is 16.6. The first kappa shape index (κ1) is 8.59. The second-order valence-electron chi connectivity index (χ2n) is 2.20. The van der Waals surface area contributed by atoms with E-state index in [4.69, 9.17) is 4.84 Å². The Labute approximate surface area is 72.0 Å². The SMILES string of the molecule is CC/C=C/NOc1ccccn1. The molecule has 1 rings (SSSR count). The highest BCUT2D eigenvalue weighted by Gasteiger charge is 1.87. The fourth-order valence-corrected chi connectivity index (χ4v) is 0.668. The summed E-state index contributed by atoms with van der Waals surface area (Å²) in [4.78, 5) is 9.02. The number of nitrogens with one attached hydrogen (secondary N) is 1. The number of nitrogens with zero attached hydrogens (tertiary/aromatic N) is 1. The maximum atomic E-state index is 5.06. The molecule has 0 radical (unpaired) electrons. The summed E-state index contributed by atoms with van der Waals surface area (Å²) >= 11 is 0. The lowest BCUT2D eigenvalue weighted by atomic mass is 10.5. The monoisotopic (exact) mass is 164 g/mol. The minimum atomic E-state index is 0.568. The van der Waals surface area contributed by atoms with Gasteiger partial charge in [-0.1, -0.05) is 19.1 Å². The smallest absolute Gasteiger partial charge is 0.245 e. The van der Waals surface area contributed by atoms with Gasteiger partial charge in [0.2, 0.25) is 5.88 Å². The summed E-state index contributed by atoms with van der Waals surface area (Å²) in [7, 11) is 0. The van der Waals surface area contributed by atoms with E-state index in [1.165, 1.54) is 0 Å². The second-order valence-corrected chi connectivity index (χ2v) is 2.20. The molecule has 1 heterocycles. The molecule has 0 aromatic carbocycles. The Kier molecular flexibility index (Phi) is 3.71. The first-order valence-electron chi connectivity index (χ1n) is 3.92. The van der Waals surface area contributed by atoms with Gasteiger partial charge in [0.1, 0.15) is 0 Å². The third-order valence-electron chi connectivity index (χ3n) is 1.22. The molecule has 1 aromatic rings. The van der Waals surface area contributed by atoms with Gasteiger partial charge < -0.3 is 4.84 Å². The molecule has 0 bridgehead atoms. The van der Waals surface area contributed by atoms with E-state index in [-0.39, 0.29) is 0 Å². The molecule has 0 unspecified atom stereocenters. The first-order valence-corrected chi connectivity index (χ1v) is 3.92. The van der Waals surface area contributed by atoms with Gasteiger partial charge in [-0.05, 0) is 12.5 Å². The average molecular weight is 164 g/mol. The third kappa shape index (κ3) is 3.05. The fourth-order valence-electron chi connectivity index (χ4n) is 0.668. The van der Waals surface area contributed by atoms with E-state index in [9.17, 15) is 0 Å². The van der Waals surface area contributed by atoms with Crippen molar-refractivity contribution in [3.8, 4) is 5.88 Å². The molecular weight excluding hydrogens is 152 g/mol. The van der Waals surface area contributed by atoms with E-state index in [0.29, 0.717) is 5.88 Å². The Morgan fingerprint density at radius 1 is 1.58 bits per heavy atom. The van der Waals surface area contributed by atoms with E-state index in [1.807, 2.05) is 18.2 Å². The number of pyridine rings is 1. The minimum Gasteiger partial charge on any atom is -0.362 e. The van der Waals surface area contributed by atoms with Gasteiger partial charge in [0.25, 0.3) is 0 Å². The number of rotatable bonds is 4. The lowest BCUT2D eigenvalue weighted by Crippen LogP contribution is -2.10. The molecule has 12 heavy (non-hydrogen) atoms. The maximum absolute atomic E-state index is 5.06. The number of aromatic nitrogens is 1. The maximum Gasteiger partial charge on any atom is 0.245 e. The van der Waals surface area contributed by atoms with E-state index >= 15 is 0 Å². The molecule has 3 heteroatoms. The number of hydrogen-bond acceptors (Lipinski definition) is 3. The van der Waals surface area contributed by atoms with Gasteiger partial charge in [0.15, 0.2) is 0 Å². The van der Waals surface area contributed by atoms with Crippen LogP contribution in [0.3, 0.4) is 0 Å². The van der Waals surface area contributed by atoms with Gasteiger partial charge in [-0.25, -0.2) is 10.5 Å². The Bertz CT molecular complexity index is 234. The van der Waals surface area contributed by atoms with Gasteiger partial charge >= 0.3 is 0 Å². The van der Waals surface area contributed by atoms with Crippen LogP contribution in [0.1, 0.15) is 13.3 Å². The Balaban J connectivity index is 2.29. The predicted octanol–water partition coefficient (Wildman–Crippen LogP) is 1.89. The molecule has 64 valence electrons. The van der Waals surface area contributed by atoms with Crippen LogP contribution >= 0.6 is 0 Å². The second kappa shape index (κ2) is 5.18. The van der Waals surface area contributed by atoms with Crippen molar-refractivity contribution in [3.63, 3.8) is 0 Å². The highest BCUT2D eigenvalue weighted by molar-refractivity contribution is 5.08. The zero-order valence-corrected chi connectivity index (χ0v) is 7.03. The highest BCUT2D eigenvalue weighted by Crippen LogP contribution is 2.00. The third-order valence-corrected chi connectivity index (χ3v) is 1.22. The van der Waals surface area contributed by atoms with Crippen LogP contribution in [0.5, 0.6) is 5.88 Å². The van der Waals surface area contributed by atoms with Crippen LogP contribution in [0, 0.1) is 0 Å². The molecule has 0 saturated carbocycles. The van der Waals surface area contributed by atoms with E-state index in [1.54, 1.807) is 18.5 Å².